The third-order valence-electron chi connectivity index (χ3n) is 4.19. The van der Waals surface area contributed by atoms with Gasteiger partial charge in [0.25, 0.3) is 0 Å². The van der Waals surface area contributed by atoms with Crippen LogP contribution in [0, 0.1) is 12.8 Å². The lowest BCUT2D eigenvalue weighted by molar-refractivity contribution is 0.457. The third-order valence-corrected chi connectivity index (χ3v) is 5.93. The quantitative estimate of drug-likeness (QED) is 0.763. The Morgan fingerprint density at radius 1 is 1.24 bits per heavy atom. The topological polar surface area (TPSA) is 46.2 Å². The number of benzene rings is 1. The van der Waals surface area contributed by atoms with Crippen LogP contribution in [0.3, 0.4) is 0 Å². The van der Waals surface area contributed by atoms with Gasteiger partial charge in [0, 0.05) is 11.8 Å². The molecular formula is C17H27NO2S. The molecule has 4 heteroatoms. The van der Waals surface area contributed by atoms with Gasteiger partial charge in [0.15, 0.2) is 0 Å². The molecule has 0 aliphatic heterocycles. The Bertz CT molecular complexity index is 532. The van der Waals surface area contributed by atoms with Crippen LogP contribution in [0.2, 0.25) is 0 Å². The molecule has 1 aliphatic rings. The standard InChI is InChI=1S/C17H27NO2S/c1-3-21(19,20)11-10-16(13-18-17-8-9-17)12-15-6-4-14(2)5-7-15/h4-7,16-18H,3,8-13H2,1-2H3. The zero-order chi connectivity index (χ0) is 15.3. The Morgan fingerprint density at radius 3 is 2.48 bits per heavy atom. The van der Waals surface area contributed by atoms with Crippen LogP contribution in [0.15, 0.2) is 24.3 Å². The second-order valence-electron chi connectivity index (χ2n) is 6.26. The normalized spacial score (nSPS) is 16.9. The zero-order valence-corrected chi connectivity index (χ0v) is 14.0. The number of hydrogen-bond acceptors (Lipinski definition) is 3. The lowest BCUT2D eigenvalue weighted by atomic mass is 9.96. The van der Waals surface area contributed by atoms with Crippen molar-refractivity contribution in [2.24, 2.45) is 5.92 Å². The van der Waals surface area contributed by atoms with Crippen LogP contribution in [0.4, 0.5) is 0 Å². The van der Waals surface area contributed by atoms with Crippen molar-refractivity contribution in [3.8, 4) is 0 Å². The second-order valence-corrected chi connectivity index (χ2v) is 8.74. The number of nitrogens with one attached hydrogen (secondary N) is 1. The molecule has 0 saturated heterocycles. The molecule has 3 nitrogen and oxygen atoms in total. The van der Waals surface area contributed by atoms with Crippen molar-refractivity contribution < 1.29 is 8.42 Å². The molecule has 2 rings (SSSR count). The monoisotopic (exact) mass is 309 g/mol. The van der Waals surface area contributed by atoms with Crippen LogP contribution in [-0.4, -0.2) is 32.5 Å². The summed E-state index contributed by atoms with van der Waals surface area (Å²) < 4.78 is 23.5. The smallest absolute Gasteiger partial charge is 0.150 e. The maximum Gasteiger partial charge on any atom is 0.150 e. The van der Waals surface area contributed by atoms with E-state index in [1.807, 2.05) is 0 Å². The van der Waals surface area contributed by atoms with Crippen molar-refractivity contribution in [1.82, 2.24) is 5.32 Å². The fraction of sp³-hybridized carbons (Fsp3) is 0.647. The van der Waals surface area contributed by atoms with Gasteiger partial charge in [-0.25, -0.2) is 8.42 Å². The van der Waals surface area contributed by atoms with Crippen molar-refractivity contribution in [3.05, 3.63) is 35.4 Å². The Hall–Kier alpha value is -0.870. The van der Waals surface area contributed by atoms with Crippen LogP contribution in [0.5, 0.6) is 0 Å². The zero-order valence-electron chi connectivity index (χ0n) is 13.1. The maximum absolute atomic E-state index is 11.7. The average Bonchev–Trinajstić information content (AvgIpc) is 3.28. The minimum absolute atomic E-state index is 0.250. The van der Waals surface area contributed by atoms with Crippen molar-refractivity contribution in [1.29, 1.82) is 0 Å². The highest BCUT2D eigenvalue weighted by Crippen LogP contribution is 2.21. The van der Waals surface area contributed by atoms with Gasteiger partial charge in [0.1, 0.15) is 9.84 Å². The fourth-order valence-corrected chi connectivity index (χ4v) is 3.43. The molecule has 0 bridgehead atoms. The van der Waals surface area contributed by atoms with E-state index in [4.69, 9.17) is 0 Å². The number of sulfone groups is 1. The van der Waals surface area contributed by atoms with Crippen LogP contribution < -0.4 is 5.32 Å². The first-order valence-corrected chi connectivity index (χ1v) is 9.80. The predicted molar refractivity (Wildman–Crippen MR) is 88.3 cm³/mol. The van der Waals surface area contributed by atoms with E-state index in [1.165, 1.54) is 24.0 Å². The number of rotatable bonds is 9. The highest BCUT2D eigenvalue weighted by atomic mass is 32.2. The van der Waals surface area contributed by atoms with Crippen LogP contribution >= 0.6 is 0 Å². The minimum atomic E-state index is -2.86. The molecule has 1 saturated carbocycles. The summed E-state index contributed by atoms with van der Waals surface area (Å²) >= 11 is 0. The molecule has 0 heterocycles. The van der Waals surface area contributed by atoms with E-state index in [1.54, 1.807) is 6.92 Å². The van der Waals surface area contributed by atoms with Gasteiger partial charge in [-0.3, -0.25) is 0 Å². The Kier molecular flexibility index (Phi) is 5.82. The highest BCUT2D eigenvalue weighted by molar-refractivity contribution is 7.91. The van der Waals surface area contributed by atoms with Gasteiger partial charge < -0.3 is 5.32 Å². The van der Waals surface area contributed by atoms with Crippen LogP contribution in [-0.2, 0) is 16.3 Å². The van der Waals surface area contributed by atoms with E-state index < -0.39 is 9.84 Å². The minimum Gasteiger partial charge on any atom is -0.314 e. The molecule has 1 aliphatic carbocycles. The molecule has 118 valence electrons. The second kappa shape index (κ2) is 7.41. The number of hydrogen-bond donors (Lipinski definition) is 1. The van der Waals surface area contributed by atoms with E-state index >= 15 is 0 Å². The molecule has 1 atom stereocenters. The van der Waals surface area contributed by atoms with Crippen molar-refractivity contribution in [3.63, 3.8) is 0 Å². The summed E-state index contributed by atoms with van der Waals surface area (Å²) in [4.78, 5) is 0. The molecular weight excluding hydrogens is 282 g/mol. The van der Waals surface area contributed by atoms with Gasteiger partial charge in [0.05, 0.1) is 5.75 Å². The van der Waals surface area contributed by atoms with E-state index in [-0.39, 0.29) is 5.75 Å². The fourth-order valence-electron chi connectivity index (χ4n) is 2.45. The van der Waals surface area contributed by atoms with E-state index in [0.29, 0.717) is 17.7 Å². The summed E-state index contributed by atoms with van der Waals surface area (Å²) in [7, 11) is -2.86. The average molecular weight is 309 g/mol. The van der Waals surface area contributed by atoms with Crippen molar-refractivity contribution in [2.45, 2.75) is 45.6 Å². The first-order valence-electron chi connectivity index (χ1n) is 7.98. The van der Waals surface area contributed by atoms with Gasteiger partial charge in [0.2, 0.25) is 0 Å². The summed E-state index contributed by atoms with van der Waals surface area (Å²) in [5.74, 6) is 0.960. The summed E-state index contributed by atoms with van der Waals surface area (Å²) in [6, 6.07) is 9.25. The molecule has 1 N–H and O–H groups in total. The molecule has 1 aromatic rings. The molecule has 1 unspecified atom stereocenters. The molecule has 1 aromatic carbocycles. The van der Waals surface area contributed by atoms with Crippen LogP contribution in [0.25, 0.3) is 0 Å². The lowest BCUT2D eigenvalue weighted by Gasteiger charge is -2.18. The van der Waals surface area contributed by atoms with Gasteiger partial charge >= 0.3 is 0 Å². The molecule has 0 spiro atoms. The third kappa shape index (κ3) is 6.18. The van der Waals surface area contributed by atoms with Gasteiger partial charge in [-0.2, -0.15) is 0 Å². The molecule has 21 heavy (non-hydrogen) atoms. The highest BCUT2D eigenvalue weighted by Gasteiger charge is 2.22. The SMILES string of the molecule is CCS(=O)(=O)CCC(CNC1CC1)Cc1ccc(C)cc1. The van der Waals surface area contributed by atoms with Gasteiger partial charge in [-0.1, -0.05) is 36.8 Å². The van der Waals surface area contributed by atoms with Crippen molar-refractivity contribution in [2.75, 3.05) is 18.1 Å². The van der Waals surface area contributed by atoms with E-state index in [0.717, 1.165) is 19.4 Å². The summed E-state index contributed by atoms with van der Waals surface area (Å²) in [5, 5.41) is 3.55. The molecule has 0 amide bonds. The largest absolute Gasteiger partial charge is 0.314 e. The predicted octanol–water partition coefficient (Wildman–Crippen LogP) is 2.73. The van der Waals surface area contributed by atoms with Crippen molar-refractivity contribution >= 4 is 9.84 Å². The molecule has 0 radical (unpaired) electrons. The van der Waals surface area contributed by atoms with Gasteiger partial charge in [-0.15, -0.1) is 0 Å². The Morgan fingerprint density at radius 2 is 1.90 bits per heavy atom. The van der Waals surface area contributed by atoms with Crippen LogP contribution in [0.1, 0.15) is 37.3 Å². The Labute approximate surface area is 129 Å². The molecule has 0 aromatic heterocycles. The first kappa shape index (κ1) is 16.5. The first-order chi connectivity index (χ1) is 9.98. The number of aryl methyl sites for hydroxylation is 1. The summed E-state index contributed by atoms with van der Waals surface area (Å²) in [6.45, 7) is 4.74. The summed E-state index contributed by atoms with van der Waals surface area (Å²) in [5.41, 5.74) is 2.57. The maximum atomic E-state index is 11.7. The lowest BCUT2D eigenvalue weighted by Crippen LogP contribution is -2.28. The van der Waals surface area contributed by atoms with E-state index in [2.05, 4.69) is 36.5 Å². The molecule has 1 fully saturated rings. The van der Waals surface area contributed by atoms with Gasteiger partial charge in [-0.05, 0) is 50.6 Å². The summed E-state index contributed by atoms with van der Waals surface area (Å²) in [6.07, 6.45) is 4.25. The Balaban J connectivity index is 1.91. The van der Waals surface area contributed by atoms with E-state index in [9.17, 15) is 8.42 Å².